The monoisotopic (exact) mass is 495 g/mol. The zero-order chi connectivity index (χ0) is 24.9. The molecule has 2 N–H and O–H groups in total. The average Bonchev–Trinajstić information content (AvgIpc) is 3.28. The number of aryl methyl sites for hydroxylation is 1. The Morgan fingerprint density at radius 1 is 1.14 bits per heavy atom. The van der Waals surface area contributed by atoms with Crippen molar-refractivity contribution in [1.82, 2.24) is 14.8 Å². The Morgan fingerprint density at radius 3 is 2.64 bits per heavy atom. The molecule has 0 aliphatic heterocycles. The number of hydrogen-bond acceptors (Lipinski definition) is 5. The van der Waals surface area contributed by atoms with Crippen LogP contribution in [-0.2, 0) is 17.6 Å². The first-order chi connectivity index (χ1) is 17.6. The van der Waals surface area contributed by atoms with E-state index in [0.717, 1.165) is 30.5 Å². The number of carbonyl (C=O) groups excluding carboxylic acids is 1. The van der Waals surface area contributed by atoms with Crippen LogP contribution in [-0.4, -0.2) is 26.4 Å². The Bertz CT molecular complexity index is 1470. The van der Waals surface area contributed by atoms with Gasteiger partial charge in [-0.05, 0) is 54.5 Å². The summed E-state index contributed by atoms with van der Waals surface area (Å²) in [4.78, 5) is 29.5. The number of anilines is 1. The highest BCUT2D eigenvalue weighted by Gasteiger charge is 2.23. The predicted octanol–water partition coefficient (Wildman–Crippen LogP) is 4.83. The maximum Gasteiger partial charge on any atom is 0.273 e. The summed E-state index contributed by atoms with van der Waals surface area (Å²) in [6.07, 6.45) is 3.02. The first-order valence-corrected chi connectivity index (χ1v) is 12.9. The Labute approximate surface area is 213 Å². The molecule has 0 saturated carbocycles. The van der Waals surface area contributed by atoms with Crippen LogP contribution in [0.2, 0.25) is 0 Å². The average molecular weight is 496 g/mol. The summed E-state index contributed by atoms with van der Waals surface area (Å²) in [7, 11) is 0. The van der Waals surface area contributed by atoms with Gasteiger partial charge in [0.2, 0.25) is 5.91 Å². The molecule has 8 heteroatoms. The minimum Gasteiger partial charge on any atom is -0.311 e. The van der Waals surface area contributed by atoms with Crippen molar-refractivity contribution in [3.05, 3.63) is 106 Å². The molecule has 5 rings (SSSR count). The zero-order valence-corrected chi connectivity index (χ0v) is 20.4. The van der Waals surface area contributed by atoms with E-state index >= 15 is 0 Å². The lowest BCUT2D eigenvalue weighted by Gasteiger charge is -2.25. The summed E-state index contributed by atoms with van der Waals surface area (Å²) in [5.74, 6) is 1.04. The van der Waals surface area contributed by atoms with Crippen molar-refractivity contribution >= 4 is 23.5 Å². The second-order valence-corrected chi connectivity index (χ2v) is 9.82. The van der Waals surface area contributed by atoms with E-state index in [9.17, 15) is 14.9 Å². The smallest absolute Gasteiger partial charge is 0.273 e. The number of fused-ring (bicyclic) bond motifs is 1. The molecule has 0 fully saturated rings. The van der Waals surface area contributed by atoms with E-state index in [-0.39, 0.29) is 17.9 Å². The predicted molar refractivity (Wildman–Crippen MR) is 141 cm³/mol. The number of para-hydroxylation sites is 1. The summed E-state index contributed by atoms with van der Waals surface area (Å²) < 4.78 is 1.38. The van der Waals surface area contributed by atoms with E-state index in [1.807, 2.05) is 30.3 Å². The van der Waals surface area contributed by atoms with E-state index in [1.165, 1.54) is 28.1 Å². The van der Waals surface area contributed by atoms with Crippen LogP contribution in [0.5, 0.6) is 0 Å². The third kappa shape index (κ3) is 5.26. The van der Waals surface area contributed by atoms with Crippen molar-refractivity contribution in [2.45, 2.75) is 36.6 Å². The van der Waals surface area contributed by atoms with Gasteiger partial charge in [0.1, 0.15) is 16.9 Å². The van der Waals surface area contributed by atoms with Crippen molar-refractivity contribution in [1.29, 1.82) is 5.26 Å². The fourth-order valence-electron chi connectivity index (χ4n) is 4.53. The quantitative estimate of drug-likeness (QED) is 0.358. The van der Waals surface area contributed by atoms with Gasteiger partial charge < -0.3 is 5.32 Å². The standard InChI is InChI=1S/C28H25N5O2S/c29-18-22-16-21-15-20(19-7-3-1-4-8-19)11-12-24(21)30-28(22)36-14-13-26(34)31-25-17-27(35)33(32-25)23-9-5-2-6-10-23/h1-10,16-17,20,32H,11-15H2,(H,31,34). The van der Waals surface area contributed by atoms with E-state index in [4.69, 9.17) is 4.98 Å². The number of aromatic nitrogens is 3. The van der Waals surface area contributed by atoms with Gasteiger partial charge in [0.05, 0.1) is 11.3 Å². The third-order valence-corrected chi connectivity index (χ3v) is 7.31. The van der Waals surface area contributed by atoms with Crippen molar-refractivity contribution < 1.29 is 4.79 Å². The Kier molecular flexibility index (Phi) is 7.01. The van der Waals surface area contributed by atoms with Crippen molar-refractivity contribution in [2.75, 3.05) is 11.1 Å². The maximum absolute atomic E-state index is 12.5. The van der Waals surface area contributed by atoms with E-state index in [1.54, 1.807) is 12.1 Å². The van der Waals surface area contributed by atoms with Crippen LogP contribution >= 0.6 is 11.8 Å². The molecule has 1 amide bonds. The van der Waals surface area contributed by atoms with Crippen LogP contribution in [0.15, 0.2) is 82.6 Å². The van der Waals surface area contributed by atoms with E-state index in [0.29, 0.717) is 33.8 Å². The summed E-state index contributed by atoms with van der Waals surface area (Å²) in [6.45, 7) is 0. The number of thioether (sulfide) groups is 1. The van der Waals surface area contributed by atoms with Gasteiger partial charge in [-0.1, -0.05) is 48.5 Å². The highest BCUT2D eigenvalue weighted by Crippen LogP contribution is 2.34. The number of nitrogens with zero attached hydrogens (tertiary/aromatic N) is 3. The van der Waals surface area contributed by atoms with Gasteiger partial charge in [-0.3, -0.25) is 14.7 Å². The topological polar surface area (TPSA) is 104 Å². The number of nitrogens with one attached hydrogen (secondary N) is 2. The lowest BCUT2D eigenvalue weighted by molar-refractivity contribution is -0.115. The van der Waals surface area contributed by atoms with Gasteiger partial charge in [-0.15, -0.1) is 11.8 Å². The molecule has 0 spiro atoms. The molecule has 0 radical (unpaired) electrons. The molecule has 1 atom stereocenters. The summed E-state index contributed by atoms with van der Waals surface area (Å²) in [5, 5.41) is 16.0. The van der Waals surface area contributed by atoms with Gasteiger partial charge in [-0.2, -0.15) is 5.26 Å². The van der Waals surface area contributed by atoms with Crippen LogP contribution in [0.25, 0.3) is 5.69 Å². The van der Waals surface area contributed by atoms with Crippen LogP contribution in [0.3, 0.4) is 0 Å². The van der Waals surface area contributed by atoms with Gasteiger partial charge in [0.15, 0.2) is 0 Å². The molecule has 36 heavy (non-hydrogen) atoms. The Hall–Kier alpha value is -4.09. The number of nitriles is 1. The highest BCUT2D eigenvalue weighted by atomic mass is 32.2. The van der Waals surface area contributed by atoms with E-state index < -0.39 is 0 Å². The molecule has 0 saturated heterocycles. The first kappa shape index (κ1) is 23.6. The van der Waals surface area contributed by atoms with Gasteiger partial charge in [0, 0.05) is 23.9 Å². The number of carbonyl (C=O) groups is 1. The molecular formula is C28H25N5O2S. The van der Waals surface area contributed by atoms with Crippen LogP contribution in [0.4, 0.5) is 5.82 Å². The van der Waals surface area contributed by atoms with E-state index in [2.05, 4.69) is 40.8 Å². The van der Waals surface area contributed by atoms with Crippen LogP contribution in [0.1, 0.15) is 41.1 Å². The molecule has 2 aromatic carbocycles. The number of aromatic amines is 1. The fraction of sp³-hybridized carbons (Fsp3) is 0.214. The molecule has 180 valence electrons. The minimum absolute atomic E-state index is 0.217. The van der Waals surface area contributed by atoms with Crippen LogP contribution in [0, 0.1) is 11.3 Å². The first-order valence-electron chi connectivity index (χ1n) is 11.9. The number of amides is 1. The highest BCUT2D eigenvalue weighted by molar-refractivity contribution is 7.99. The zero-order valence-electron chi connectivity index (χ0n) is 19.6. The maximum atomic E-state index is 12.5. The summed E-state index contributed by atoms with van der Waals surface area (Å²) in [6, 6.07) is 25.2. The number of H-pyrrole nitrogens is 1. The third-order valence-electron chi connectivity index (χ3n) is 6.32. The SMILES string of the molecule is N#Cc1cc2c(nc1SCCC(=O)Nc1cc(=O)n(-c3ccccc3)[nH]1)CCC(c1ccccc1)C2. The van der Waals surface area contributed by atoms with Crippen LogP contribution < -0.4 is 10.9 Å². The lowest BCUT2D eigenvalue weighted by Crippen LogP contribution is -2.15. The Balaban J connectivity index is 1.20. The van der Waals surface area contributed by atoms with Gasteiger partial charge >= 0.3 is 0 Å². The molecule has 0 bridgehead atoms. The largest absolute Gasteiger partial charge is 0.311 e. The number of hydrogen-bond donors (Lipinski definition) is 2. The number of rotatable bonds is 7. The Morgan fingerprint density at radius 2 is 1.89 bits per heavy atom. The second kappa shape index (κ2) is 10.7. The van der Waals surface area contributed by atoms with Gasteiger partial charge in [0.25, 0.3) is 5.56 Å². The number of pyridine rings is 1. The second-order valence-electron chi connectivity index (χ2n) is 8.73. The summed E-state index contributed by atoms with van der Waals surface area (Å²) in [5.41, 5.74) is 4.51. The van der Waals surface area contributed by atoms with Crippen molar-refractivity contribution in [3.63, 3.8) is 0 Å². The molecule has 2 aromatic heterocycles. The molecular weight excluding hydrogens is 470 g/mol. The lowest BCUT2D eigenvalue weighted by atomic mass is 9.82. The van der Waals surface area contributed by atoms with Crippen molar-refractivity contribution in [3.8, 4) is 11.8 Å². The van der Waals surface area contributed by atoms with Crippen molar-refractivity contribution in [2.24, 2.45) is 0 Å². The molecule has 7 nitrogen and oxygen atoms in total. The fourth-order valence-corrected chi connectivity index (χ4v) is 5.44. The molecule has 2 heterocycles. The van der Waals surface area contributed by atoms with Gasteiger partial charge in [-0.25, -0.2) is 9.67 Å². The minimum atomic E-state index is -0.253. The summed E-state index contributed by atoms with van der Waals surface area (Å²) >= 11 is 1.41. The number of benzene rings is 2. The molecule has 1 aliphatic rings. The molecule has 4 aromatic rings. The normalized spacial score (nSPS) is 14.6. The molecule has 1 aliphatic carbocycles. The molecule has 1 unspecified atom stereocenters.